The quantitative estimate of drug-likeness (QED) is 0.783. The van der Waals surface area contributed by atoms with Crippen LogP contribution in [0.5, 0.6) is 0 Å². The first-order chi connectivity index (χ1) is 7.68. The fourth-order valence-electron chi connectivity index (χ4n) is 2.07. The van der Waals surface area contributed by atoms with E-state index in [0.29, 0.717) is 25.2 Å². The summed E-state index contributed by atoms with van der Waals surface area (Å²) in [5, 5.41) is 8.64. The summed E-state index contributed by atoms with van der Waals surface area (Å²) in [4.78, 5) is 0. The molecule has 0 atom stereocenters. The van der Waals surface area contributed by atoms with E-state index in [1.54, 1.807) is 6.92 Å². The van der Waals surface area contributed by atoms with Gasteiger partial charge in [0.1, 0.15) is 5.82 Å². The Morgan fingerprint density at radius 1 is 1.50 bits per heavy atom. The first-order valence-corrected chi connectivity index (χ1v) is 5.39. The van der Waals surface area contributed by atoms with Crippen molar-refractivity contribution in [1.29, 1.82) is 5.26 Å². The van der Waals surface area contributed by atoms with Gasteiger partial charge in [-0.1, -0.05) is 12.1 Å². The second kappa shape index (κ2) is 4.23. The second-order valence-corrected chi connectivity index (χ2v) is 4.40. The van der Waals surface area contributed by atoms with E-state index >= 15 is 0 Å². The van der Waals surface area contributed by atoms with Crippen LogP contribution in [-0.2, 0) is 10.2 Å². The summed E-state index contributed by atoms with van der Waals surface area (Å²) in [6.07, 6.45) is 1.30. The van der Waals surface area contributed by atoms with Gasteiger partial charge in [0, 0.05) is 11.8 Å². The van der Waals surface area contributed by atoms with Gasteiger partial charge in [-0.3, -0.25) is 0 Å². The maximum absolute atomic E-state index is 13.2. The number of aryl methyl sites for hydroxylation is 1. The molecule has 0 aliphatic carbocycles. The van der Waals surface area contributed by atoms with E-state index in [-0.39, 0.29) is 11.2 Å². The maximum Gasteiger partial charge on any atom is 0.126 e. The van der Waals surface area contributed by atoms with Gasteiger partial charge in [0.05, 0.1) is 19.3 Å². The van der Waals surface area contributed by atoms with Crippen molar-refractivity contribution in [2.75, 3.05) is 13.2 Å². The Kier molecular flexibility index (Phi) is 2.93. The van der Waals surface area contributed by atoms with Gasteiger partial charge in [-0.2, -0.15) is 5.26 Å². The van der Waals surface area contributed by atoms with E-state index in [9.17, 15) is 4.39 Å². The van der Waals surface area contributed by atoms with Crippen molar-refractivity contribution >= 4 is 0 Å². The van der Waals surface area contributed by atoms with Crippen molar-refractivity contribution in [3.05, 3.63) is 35.1 Å². The topological polar surface area (TPSA) is 33.0 Å². The standard InChI is InChI=1S/C13H14FNO/c1-10-7-11(3-4-12(10)14)13(5-2-6-15)8-16-9-13/h3-4,7H,2,5,8-9H2,1H3. The molecule has 0 saturated carbocycles. The molecule has 2 rings (SSSR count). The zero-order valence-electron chi connectivity index (χ0n) is 9.29. The van der Waals surface area contributed by atoms with Crippen molar-refractivity contribution in [2.45, 2.75) is 25.2 Å². The predicted molar refractivity (Wildman–Crippen MR) is 58.5 cm³/mol. The lowest BCUT2D eigenvalue weighted by Crippen LogP contribution is -2.46. The molecule has 0 unspecified atom stereocenters. The zero-order chi connectivity index (χ0) is 11.6. The Morgan fingerprint density at radius 2 is 2.25 bits per heavy atom. The molecular formula is C13H14FNO. The third-order valence-corrected chi connectivity index (χ3v) is 3.24. The van der Waals surface area contributed by atoms with Gasteiger partial charge in [0.2, 0.25) is 0 Å². The Bertz CT molecular complexity index is 432. The number of hydrogen-bond acceptors (Lipinski definition) is 2. The highest BCUT2D eigenvalue weighted by Gasteiger charge is 2.39. The first-order valence-electron chi connectivity index (χ1n) is 5.39. The summed E-state index contributed by atoms with van der Waals surface area (Å²) in [5.74, 6) is -0.181. The molecule has 1 heterocycles. The molecule has 1 aromatic rings. The lowest BCUT2D eigenvalue weighted by Gasteiger charge is -2.41. The minimum absolute atomic E-state index is 0.0613. The molecule has 1 aliphatic rings. The van der Waals surface area contributed by atoms with Gasteiger partial charge in [-0.25, -0.2) is 4.39 Å². The molecule has 3 heteroatoms. The third kappa shape index (κ3) is 1.81. The largest absolute Gasteiger partial charge is 0.379 e. The highest BCUT2D eigenvalue weighted by atomic mass is 19.1. The Morgan fingerprint density at radius 3 is 2.75 bits per heavy atom. The van der Waals surface area contributed by atoms with Crippen LogP contribution in [0.15, 0.2) is 18.2 Å². The van der Waals surface area contributed by atoms with Crippen LogP contribution in [0.25, 0.3) is 0 Å². The molecule has 2 nitrogen and oxygen atoms in total. The predicted octanol–water partition coefficient (Wildman–Crippen LogP) is 2.71. The number of nitrogens with zero attached hydrogens (tertiary/aromatic N) is 1. The van der Waals surface area contributed by atoms with Crippen molar-refractivity contribution in [2.24, 2.45) is 0 Å². The molecule has 1 aromatic carbocycles. The van der Waals surface area contributed by atoms with Crippen molar-refractivity contribution < 1.29 is 9.13 Å². The lowest BCUT2D eigenvalue weighted by atomic mass is 9.75. The zero-order valence-corrected chi connectivity index (χ0v) is 9.29. The van der Waals surface area contributed by atoms with Crippen LogP contribution in [0.4, 0.5) is 4.39 Å². The average molecular weight is 219 g/mol. The molecule has 16 heavy (non-hydrogen) atoms. The van der Waals surface area contributed by atoms with E-state index in [4.69, 9.17) is 10.00 Å². The van der Waals surface area contributed by atoms with E-state index in [1.165, 1.54) is 6.07 Å². The van der Waals surface area contributed by atoms with Gasteiger partial charge in [-0.05, 0) is 30.5 Å². The summed E-state index contributed by atoms with van der Waals surface area (Å²) in [6.45, 7) is 3.04. The number of benzene rings is 1. The van der Waals surface area contributed by atoms with Gasteiger partial charge < -0.3 is 4.74 Å². The van der Waals surface area contributed by atoms with Crippen LogP contribution in [-0.4, -0.2) is 13.2 Å². The molecule has 0 N–H and O–H groups in total. The highest BCUT2D eigenvalue weighted by molar-refractivity contribution is 5.32. The number of hydrogen-bond donors (Lipinski definition) is 0. The number of halogens is 1. The van der Waals surface area contributed by atoms with Crippen LogP contribution in [0.1, 0.15) is 24.0 Å². The van der Waals surface area contributed by atoms with E-state index in [0.717, 1.165) is 12.0 Å². The summed E-state index contributed by atoms with van der Waals surface area (Å²) in [7, 11) is 0. The molecule has 0 bridgehead atoms. The van der Waals surface area contributed by atoms with E-state index in [1.807, 2.05) is 12.1 Å². The molecule has 0 amide bonds. The minimum Gasteiger partial charge on any atom is -0.379 e. The lowest BCUT2D eigenvalue weighted by molar-refractivity contribution is -0.0637. The van der Waals surface area contributed by atoms with Gasteiger partial charge in [0.15, 0.2) is 0 Å². The first kappa shape index (κ1) is 11.1. The van der Waals surface area contributed by atoms with E-state index in [2.05, 4.69) is 6.07 Å². The fourth-order valence-corrected chi connectivity index (χ4v) is 2.07. The summed E-state index contributed by atoms with van der Waals surface area (Å²) >= 11 is 0. The van der Waals surface area contributed by atoms with Crippen LogP contribution >= 0.6 is 0 Å². The number of rotatable bonds is 3. The van der Waals surface area contributed by atoms with Crippen LogP contribution < -0.4 is 0 Å². The SMILES string of the molecule is Cc1cc(C2(CCC#N)COC2)ccc1F. The van der Waals surface area contributed by atoms with Crippen LogP contribution in [0.2, 0.25) is 0 Å². The van der Waals surface area contributed by atoms with Crippen LogP contribution in [0.3, 0.4) is 0 Å². The number of nitriles is 1. The minimum atomic E-state index is -0.181. The third-order valence-electron chi connectivity index (χ3n) is 3.24. The number of ether oxygens (including phenoxy) is 1. The Balaban J connectivity index is 2.26. The van der Waals surface area contributed by atoms with Gasteiger partial charge in [0.25, 0.3) is 0 Å². The van der Waals surface area contributed by atoms with Crippen molar-refractivity contribution in [3.8, 4) is 6.07 Å². The smallest absolute Gasteiger partial charge is 0.126 e. The summed E-state index contributed by atoms with van der Waals surface area (Å²) < 4.78 is 18.4. The fraction of sp³-hybridized carbons (Fsp3) is 0.462. The summed E-state index contributed by atoms with van der Waals surface area (Å²) in [5.41, 5.74) is 1.68. The van der Waals surface area contributed by atoms with E-state index < -0.39 is 0 Å². The molecule has 0 radical (unpaired) electrons. The van der Waals surface area contributed by atoms with Gasteiger partial charge in [-0.15, -0.1) is 0 Å². The normalized spacial score (nSPS) is 17.6. The molecule has 1 fully saturated rings. The average Bonchev–Trinajstić information content (AvgIpc) is 2.22. The van der Waals surface area contributed by atoms with Crippen molar-refractivity contribution in [3.63, 3.8) is 0 Å². The molecule has 0 spiro atoms. The Labute approximate surface area is 94.7 Å². The molecule has 1 saturated heterocycles. The molecule has 1 aliphatic heterocycles. The molecule has 84 valence electrons. The maximum atomic E-state index is 13.2. The van der Waals surface area contributed by atoms with Crippen molar-refractivity contribution in [1.82, 2.24) is 0 Å². The second-order valence-electron chi connectivity index (χ2n) is 4.40. The van der Waals surface area contributed by atoms with Crippen LogP contribution in [0, 0.1) is 24.1 Å². The summed E-state index contributed by atoms with van der Waals surface area (Å²) in [6, 6.07) is 7.33. The monoisotopic (exact) mass is 219 g/mol. The molecular weight excluding hydrogens is 205 g/mol. The molecule has 0 aromatic heterocycles. The van der Waals surface area contributed by atoms with Gasteiger partial charge >= 0.3 is 0 Å². The Hall–Kier alpha value is -1.40. The highest BCUT2D eigenvalue weighted by Crippen LogP contribution is 2.37.